The first-order valence-electron chi connectivity index (χ1n) is 10.7. The van der Waals surface area contributed by atoms with Crippen LogP contribution in [0.2, 0.25) is 20.1 Å². The molecule has 0 unspecified atom stereocenters. The summed E-state index contributed by atoms with van der Waals surface area (Å²) in [6, 6.07) is 7.62. The van der Waals surface area contributed by atoms with Gasteiger partial charge in [-0.2, -0.15) is 0 Å². The molecule has 1 aliphatic rings. The van der Waals surface area contributed by atoms with E-state index in [2.05, 4.69) is 5.32 Å². The van der Waals surface area contributed by atoms with Crippen molar-refractivity contribution in [3.05, 3.63) is 67.1 Å². The van der Waals surface area contributed by atoms with Crippen molar-refractivity contribution >= 4 is 70.1 Å². The zero-order chi connectivity index (χ0) is 26.0. The van der Waals surface area contributed by atoms with Crippen LogP contribution in [0, 0.1) is 5.92 Å². The normalized spacial score (nSPS) is 14.7. The second-order valence-corrected chi connectivity index (χ2v) is 9.95. The molecule has 0 aliphatic carbocycles. The summed E-state index contributed by atoms with van der Waals surface area (Å²) in [6.45, 7) is 4.81. The molecule has 35 heavy (non-hydrogen) atoms. The van der Waals surface area contributed by atoms with Gasteiger partial charge >= 0.3 is 5.97 Å². The SMILES string of the molecule is CC(C)C[C@H](C(=O)OCC(=O)N[C@@H](C)c1ccccc1)N1C(=O)c2c(Cl)c(Cl)c(Cl)c(Cl)c2C1=O. The van der Waals surface area contributed by atoms with Crippen LogP contribution >= 0.6 is 46.4 Å². The third-order valence-electron chi connectivity index (χ3n) is 5.43. The number of halogens is 4. The lowest BCUT2D eigenvalue weighted by molar-refractivity contribution is -0.153. The van der Waals surface area contributed by atoms with E-state index in [0.717, 1.165) is 10.5 Å². The Labute approximate surface area is 222 Å². The maximum Gasteiger partial charge on any atom is 0.329 e. The highest BCUT2D eigenvalue weighted by atomic mass is 35.5. The maximum atomic E-state index is 13.2. The molecular weight excluding hydrogens is 538 g/mol. The van der Waals surface area contributed by atoms with Crippen molar-refractivity contribution in [2.45, 2.75) is 39.3 Å². The standard InChI is InChI=1S/C24H22Cl4N2O5/c1-11(2)9-14(24(34)35-10-15(31)29-12(3)13-7-5-4-6-8-13)30-22(32)16-17(23(30)33)19(26)21(28)20(27)18(16)25/h4-8,11-12,14H,9-10H2,1-3H3,(H,29,31)/t12-,14+/m0/s1. The lowest BCUT2D eigenvalue weighted by Crippen LogP contribution is -2.47. The van der Waals surface area contributed by atoms with E-state index in [4.69, 9.17) is 51.1 Å². The Kier molecular flexibility index (Phi) is 8.70. The Morgan fingerprint density at radius 3 is 1.89 bits per heavy atom. The number of nitrogens with zero attached hydrogens (tertiary/aromatic N) is 1. The molecule has 186 valence electrons. The van der Waals surface area contributed by atoms with E-state index < -0.39 is 36.3 Å². The van der Waals surface area contributed by atoms with Gasteiger partial charge in [0.25, 0.3) is 17.7 Å². The molecule has 0 spiro atoms. The number of amides is 3. The number of benzene rings is 2. The summed E-state index contributed by atoms with van der Waals surface area (Å²) in [5.41, 5.74) is 0.418. The molecule has 3 amide bonds. The zero-order valence-corrected chi connectivity index (χ0v) is 22.1. The Hall–Kier alpha value is -2.32. The summed E-state index contributed by atoms with van der Waals surface area (Å²) in [5, 5.41) is 1.92. The second kappa shape index (κ2) is 11.2. The first kappa shape index (κ1) is 27.3. The molecule has 0 saturated heterocycles. The molecule has 0 fully saturated rings. The fourth-order valence-corrected chi connectivity index (χ4v) is 4.76. The number of esters is 1. The van der Waals surface area contributed by atoms with Crippen LogP contribution in [0.15, 0.2) is 30.3 Å². The van der Waals surface area contributed by atoms with Gasteiger partial charge in [-0.25, -0.2) is 4.79 Å². The van der Waals surface area contributed by atoms with Crippen LogP contribution in [0.5, 0.6) is 0 Å². The number of ether oxygens (including phenoxy) is 1. The van der Waals surface area contributed by atoms with Crippen molar-refractivity contribution in [1.82, 2.24) is 10.2 Å². The molecular formula is C24H22Cl4N2O5. The second-order valence-electron chi connectivity index (χ2n) is 8.44. The van der Waals surface area contributed by atoms with Gasteiger partial charge in [-0.15, -0.1) is 0 Å². The largest absolute Gasteiger partial charge is 0.454 e. The summed E-state index contributed by atoms with van der Waals surface area (Å²) in [5.74, 6) is -3.26. The van der Waals surface area contributed by atoms with E-state index in [1.807, 2.05) is 30.3 Å². The monoisotopic (exact) mass is 558 g/mol. The summed E-state index contributed by atoms with van der Waals surface area (Å²) < 4.78 is 5.20. The first-order valence-corrected chi connectivity index (χ1v) is 12.2. The molecule has 11 heteroatoms. The quantitative estimate of drug-likeness (QED) is 0.193. The van der Waals surface area contributed by atoms with E-state index >= 15 is 0 Å². The van der Waals surface area contributed by atoms with E-state index in [1.165, 1.54) is 0 Å². The van der Waals surface area contributed by atoms with Crippen LogP contribution in [-0.4, -0.2) is 41.2 Å². The van der Waals surface area contributed by atoms with E-state index in [1.54, 1.807) is 20.8 Å². The van der Waals surface area contributed by atoms with Gasteiger partial charge in [-0.1, -0.05) is 90.6 Å². The third-order valence-corrected chi connectivity index (χ3v) is 7.24. The number of nitrogens with one attached hydrogen (secondary N) is 1. The van der Waals surface area contributed by atoms with E-state index in [9.17, 15) is 19.2 Å². The summed E-state index contributed by atoms with van der Waals surface area (Å²) in [4.78, 5) is 52.5. The first-order chi connectivity index (χ1) is 16.5. The summed E-state index contributed by atoms with van der Waals surface area (Å²) >= 11 is 24.5. The highest BCUT2D eigenvalue weighted by molar-refractivity contribution is 6.55. The predicted molar refractivity (Wildman–Crippen MR) is 134 cm³/mol. The fraction of sp³-hybridized carbons (Fsp3) is 0.333. The maximum absolute atomic E-state index is 13.2. The van der Waals surface area contributed by atoms with Crippen LogP contribution in [0.4, 0.5) is 0 Å². The minimum absolute atomic E-state index is 0.0864. The van der Waals surface area contributed by atoms with Crippen molar-refractivity contribution in [3.63, 3.8) is 0 Å². The molecule has 0 bridgehead atoms. The topological polar surface area (TPSA) is 92.8 Å². The van der Waals surface area contributed by atoms with Gasteiger partial charge < -0.3 is 10.1 Å². The predicted octanol–water partition coefficient (Wildman–Crippen LogP) is 5.73. The van der Waals surface area contributed by atoms with Crippen LogP contribution in [0.3, 0.4) is 0 Å². The number of carbonyl (C=O) groups is 4. The van der Waals surface area contributed by atoms with Crippen molar-refractivity contribution < 1.29 is 23.9 Å². The number of fused-ring (bicyclic) bond motifs is 1. The van der Waals surface area contributed by atoms with Crippen molar-refractivity contribution in [2.75, 3.05) is 6.61 Å². The van der Waals surface area contributed by atoms with Gasteiger partial charge in [-0.3, -0.25) is 19.3 Å². The molecule has 2 aromatic carbocycles. The van der Waals surface area contributed by atoms with E-state index in [0.29, 0.717) is 0 Å². The van der Waals surface area contributed by atoms with Crippen LogP contribution in [0.1, 0.15) is 59.5 Å². The fourth-order valence-electron chi connectivity index (χ4n) is 3.74. The third kappa shape index (κ3) is 5.59. The Bertz CT molecular complexity index is 1140. The minimum atomic E-state index is -1.31. The zero-order valence-electron chi connectivity index (χ0n) is 19.0. The van der Waals surface area contributed by atoms with Gasteiger partial charge in [0, 0.05) is 0 Å². The van der Waals surface area contributed by atoms with Gasteiger partial charge in [0.1, 0.15) is 6.04 Å². The average molecular weight is 560 g/mol. The average Bonchev–Trinajstić information content (AvgIpc) is 3.08. The molecule has 2 atom stereocenters. The molecule has 7 nitrogen and oxygen atoms in total. The van der Waals surface area contributed by atoms with Crippen molar-refractivity contribution in [3.8, 4) is 0 Å². The Balaban J connectivity index is 1.79. The van der Waals surface area contributed by atoms with Crippen molar-refractivity contribution in [2.24, 2.45) is 5.92 Å². The highest BCUT2D eigenvalue weighted by Gasteiger charge is 2.47. The van der Waals surface area contributed by atoms with Gasteiger partial charge in [0.2, 0.25) is 0 Å². The highest BCUT2D eigenvalue weighted by Crippen LogP contribution is 2.45. The number of rotatable bonds is 8. The lowest BCUT2D eigenvalue weighted by atomic mass is 10.0. The molecule has 3 rings (SSSR count). The van der Waals surface area contributed by atoms with Gasteiger partial charge in [0.15, 0.2) is 6.61 Å². The van der Waals surface area contributed by atoms with Crippen LogP contribution in [-0.2, 0) is 14.3 Å². The molecule has 0 radical (unpaired) electrons. The molecule has 1 N–H and O–H groups in total. The van der Waals surface area contributed by atoms with Crippen molar-refractivity contribution in [1.29, 1.82) is 0 Å². The molecule has 1 heterocycles. The van der Waals surface area contributed by atoms with Gasteiger partial charge in [0.05, 0.1) is 37.3 Å². The minimum Gasteiger partial charge on any atom is -0.454 e. The summed E-state index contributed by atoms with van der Waals surface area (Å²) in [6.07, 6.45) is 0.0864. The van der Waals surface area contributed by atoms with E-state index in [-0.39, 0.29) is 49.6 Å². The number of carbonyl (C=O) groups excluding carboxylic acids is 4. The molecule has 0 saturated carbocycles. The number of imide groups is 1. The Morgan fingerprint density at radius 2 is 1.40 bits per heavy atom. The Morgan fingerprint density at radius 1 is 0.886 bits per heavy atom. The number of hydrogen-bond donors (Lipinski definition) is 1. The molecule has 0 aromatic heterocycles. The van der Waals surface area contributed by atoms with Crippen LogP contribution in [0.25, 0.3) is 0 Å². The van der Waals surface area contributed by atoms with Gasteiger partial charge in [-0.05, 0) is 24.8 Å². The number of hydrogen-bond acceptors (Lipinski definition) is 5. The summed E-state index contributed by atoms with van der Waals surface area (Å²) in [7, 11) is 0. The molecule has 1 aliphatic heterocycles. The van der Waals surface area contributed by atoms with Crippen LogP contribution < -0.4 is 5.32 Å². The smallest absolute Gasteiger partial charge is 0.329 e. The molecule has 2 aromatic rings. The lowest BCUT2D eigenvalue weighted by Gasteiger charge is -2.26.